The fourth-order valence-electron chi connectivity index (χ4n) is 3.72. The number of nitrogens with one attached hydrogen (secondary N) is 1. The summed E-state index contributed by atoms with van der Waals surface area (Å²) in [7, 11) is 0. The predicted octanol–water partition coefficient (Wildman–Crippen LogP) is 1.85. The lowest BCUT2D eigenvalue weighted by molar-refractivity contribution is -0.138. The molecule has 3 atom stereocenters. The summed E-state index contributed by atoms with van der Waals surface area (Å²) >= 11 is 0. The van der Waals surface area contributed by atoms with Crippen molar-refractivity contribution in [1.82, 2.24) is 10.2 Å². The number of hydrogen-bond donors (Lipinski definition) is 2. The normalized spacial score (nSPS) is 28.8. The number of amides is 1. The van der Waals surface area contributed by atoms with E-state index in [1.165, 1.54) is 11.1 Å². The molecule has 0 radical (unpaired) electrons. The fraction of sp³-hybridized carbons (Fsp3) is 0.611. The van der Waals surface area contributed by atoms with Crippen molar-refractivity contribution in [3.8, 4) is 0 Å². The number of nitrogens with two attached hydrogens (primary N) is 1. The summed E-state index contributed by atoms with van der Waals surface area (Å²) < 4.78 is 0. The summed E-state index contributed by atoms with van der Waals surface area (Å²) in [5, 5.41) is 3.43. The molecule has 1 amide bonds. The topological polar surface area (TPSA) is 58.4 Å². The summed E-state index contributed by atoms with van der Waals surface area (Å²) in [6.07, 6.45) is 3.83. The third kappa shape index (κ3) is 3.18. The van der Waals surface area contributed by atoms with Crippen LogP contribution in [-0.2, 0) is 11.2 Å². The van der Waals surface area contributed by atoms with Gasteiger partial charge in [-0.1, -0.05) is 31.2 Å². The quantitative estimate of drug-likeness (QED) is 0.896. The molecule has 4 heteroatoms. The van der Waals surface area contributed by atoms with Crippen LogP contribution in [0.15, 0.2) is 24.3 Å². The van der Waals surface area contributed by atoms with E-state index in [9.17, 15) is 4.79 Å². The van der Waals surface area contributed by atoms with E-state index in [0.717, 1.165) is 45.3 Å². The minimum atomic E-state index is 0.130. The third-order valence-corrected chi connectivity index (χ3v) is 5.12. The molecule has 1 aromatic rings. The monoisotopic (exact) mass is 301 g/mol. The first kappa shape index (κ1) is 15.5. The lowest BCUT2D eigenvalue weighted by atomic mass is 9.98. The lowest BCUT2D eigenvalue weighted by Gasteiger charge is -2.38. The van der Waals surface area contributed by atoms with E-state index in [2.05, 4.69) is 41.4 Å². The minimum absolute atomic E-state index is 0.130. The molecule has 22 heavy (non-hydrogen) atoms. The van der Waals surface area contributed by atoms with Gasteiger partial charge in [0.25, 0.3) is 0 Å². The number of piperazine rings is 1. The Balaban J connectivity index is 1.76. The molecule has 1 aliphatic heterocycles. The van der Waals surface area contributed by atoms with Gasteiger partial charge in [-0.3, -0.25) is 4.79 Å². The molecule has 3 N–H and O–H groups in total. The second kappa shape index (κ2) is 6.80. The van der Waals surface area contributed by atoms with E-state index in [0.29, 0.717) is 5.91 Å². The van der Waals surface area contributed by atoms with Gasteiger partial charge in [0, 0.05) is 31.6 Å². The van der Waals surface area contributed by atoms with E-state index in [1.54, 1.807) is 0 Å². The molecule has 2 aliphatic rings. The van der Waals surface area contributed by atoms with Crippen LogP contribution in [0, 0.1) is 5.92 Å². The largest absolute Gasteiger partial charge is 0.333 e. The average Bonchev–Trinajstić information content (AvgIpc) is 3.01. The molecule has 1 saturated carbocycles. The Bertz CT molecular complexity index is 514. The average molecular weight is 301 g/mol. The van der Waals surface area contributed by atoms with Crippen LogP contribution in [-0.4, -0.2) is 36.5 Å². The number of aryl methyl sites for hydroxylation is 1. The van der Waals surface area contributed by atoms with Crippen LogP contribution in [0.5, 0.6) is 0 Å². The zero-order valence-electron chi connectivity index (χ0n) is 13.4. The highest BCUT2D eigenvalue weighted by molar-refractivity contribution is 5.80. The maximum atomic E-state index is 12.9. The second-order valence-electron chi connectivity index (χ2n) is 6.62. The molecule has 0 aromatic heterocycles. The van der Waals surface area contributed by atoms with Gasteiger partial charge in [0.2, 0.25) is 5.91 Å². The molecule has 3 unspecified atom stereocenters. The number of rotatable bonds is 3. The van der Waals surface area contributed by atoms with Crippen LogP contribution in [0.2, 0.25) is 0 Å². The van der Waals surface area contributed by atoms with Crippen molar-refractivity contribution in [2.24, 2.45) is 11.7 Å². The van der Waals surface area contributed by atoms with Crippen molar-refractivity contribution in [3.63, 3.8) is 0 Å². The zero-order chi connectivity index (χ0) is 15.5. The Kier molecular flexibility index (Phi) is 4.79. The summed E-state index contributed by atoms with van der Waals surface area (Å²) in [5.41, 5.74) is 8.56. The molecule has 1 aromatic carbocycles. The molecular weight excluding hydrogens is 274 g/mol. The van der Waals surface area contributed by atoms with Gasteiger partial charge in [-0.25, -0.2) is 0 Å². The highest BCUT2D eigenvalue weighted by atomic mass is 16.2. The van der Waals surface area contributed by atoms with Crippen molar-refractivity contribution in [2.45, 2.75) is 44.7 Å². The van der Waals surface area contributed by atoms with Gasteiger partial charge in [-0.05, 0) is 36.8 Å². The summed E-state index contributed by atoms with van der Waals surface area (Å²) in [4.78, 5) is 15.0. The maximum absolute atomic E-state index is 12.9. The molecule has 2 fully saturated rings. The molecule has 0 bridgehead atoms. The predicted molar refractivity (Wildman–Crippen MR) is 88.5 cm³/mol. The van der Waals surface area contributed by atoms with Crippen LogP contribution in [0.25, 0.3) is 0 Å². The Hall–Kier alpha value is -1.39. The van der Waals surface area contributed by atoms with Crippen LogP contribution in [0.4, 0.5) is 0 Å². The molecule has 1 heterocycles. The van der Waals surface area contributed by atoms with Crippen molar-refractivity contribution in [2.75, 3.05) is 19.6 Å². The number of carbonyl (C=O) groups is 1. The first-order valence-electron chi connectivity index (χ1n) is 8.54. The minimum Gasteiger partial charge on any atom is -0.333 e. The van der Waals surface area contributed by atoms with E-state index >= 15 is 0 Å². The van der Waals surface area contributed by atoms with Gasteiger partial charge in [-0.15, -0.1) is 0 Å². The van der Waals surface area contributed by atoms with E-state index in [1.807, 2.05) is 0 Å². The SMILES string of the molecule is CCc1ccc(C2CNCCN2C(=O)C2CCC(N)C2)cc1. The Morgan fingerprint density at radius 2 is 2.09 bits per heavy atom. The summed E-state index contributed by atoms with van der Waals surface area (Å²) in [5.74, 6) is 0.435. The number of benzene rings is 1. The van der Waals surface area contributed by atoms with Crippen LogP contribution < -0.4 is 11.1 Å². The Morgan fingerprint density at radius 3 is 2.73 bits per heavy atom. The lowest BCUT2D eigenvalue weighted by Crippen LogP contribution is -2.50. The first-order chi connectivity index (χ1) is 10.7. The second-order valence-corrected chi connectivity index (χ2v) is 6.62. The van der Waals surface area contributed by atoms with Gasteiger partial charge in [0.05, 0.1) is 6.04 Å². The molecule has 3 rings (SSSR count). The van der Waals surface area contributed by atoms with E-state index in [4.69, 9.17) is 5.73 Å². The van der Waals surface area contributed by atoms with Crippen molar-refractivity contribution in [3.05, 3.63) is 35.4 Å². The highest BCUT2D eigenvalue weighted by Crippen LogP contribution is 2.30. The number of hydrogen-bond acceptors (Lipinski definition) is 3. The van der Waals surface area contributed by atoms with Gasteiger partial charge in [0.15, 0.2) is 0 Å². The van der Waals surface area contributed by atoms with Crippen molar-refractivity contribution in [1.29, 1.82) is 0 Å². The van der Waals surface area contributed by atoms with Gasteiger partial charge in [-0.2, -0.15) is 0 Å². The standard InChI is InChI=1S/C18H27N3O/c1-2-13-3-5-14(6-4-13)17-12-20-9-10-21(17)18(22)15-7-8-16(19)11-15/h3-6,15-17,20H,2,7-12,19H2,1H3. The fourth-order valence-corrected chi connectivity index (χ4v) is 3.72. The molecular formula is C18H27N3O. The molecule has 120 valence electrons. The maximum Gasteiger partial charge on any atom is 0.226 e. The van der Waals surface area contributed by atoms with Crippen LogP contribution in [0.1, 0.15) is 43.4 Å². The smallest absolute Gasteiger partial charge is 0.226 e. The Morgan fingerprint density at radius 1 is 1.32 bits per heavy atom. The molecule has 1 saturated heterocycles. The first-order valence-corrected chi connectivity index (χ1v) is 8.54. The molecule has 1 aliphatic carbocycles. The number of carbonyl (C=O) groups excluding carboxylic acids is 1. The Labute approximate surface area is 133 Å². The number of nitrogens with zero attached hydrogens (tertiary/aromatic N) is 1. The van der Waals surface area contributed by atoms with Gasteiger partial charge in [0.1, 0.15) is 0 Å². The van der Waals surface area contributed by atoms with Gasteiger partial charge >= 0.3 is 0 Å². The molecule has 0 spiro atoms. The summed E-state index contributed by atoms with van der Waals surface area (Å²) in [6.45, 7) is 4.69. The van der Waals surface area contributed by atoms with E-state index in [-0.39, 0.29) is 18.0 Å². The van der Waals surface area contributed by atoms with Crippen molar-refractivity contribution >= 4 is 5.91 Å². The van der Waals surface area contributed by atoms with Crippen molar-refractivity contribution < 1.29 is 4.79 Å². The van der Waals surface area contributed by atoms with Gasteiger partial charge < -0.3 is 16.0 Å². The van der Waals surface area contributed by atoms with E-state index < -0.39 is 0 Å². The zero-order valence-corrected chi connectivity index (χ0v) is 13.4. The van der Waals surface area contributed by atoms with Crippen LogP contribution in [0.3, 0.4) is 0 Å². The highest BCUT2D eigenvalue weighted by Gasteiger charge is 2.35. The summed E-state index contributed by atoms with van der Waals surface area (Å²) in [6, 6.07) is 9.08. The molecule has 4 nitrogen and oxygen atoms in total. The third-order valence-electron chi connectivity index (χ3n) is 5.12. The van der Waals surface area contributed by atoms with Crippen LogP contribution >= 0.6 is 0 Å².